The quantitative estimate of drug-likeness (QED) is 0.902. The van der Waals surface area contributed by atoms with E-state index in [9.17, 15) is 4.79 Å². The van der Waals surface area contributed by atoms with Gasteiger partial charge in [0.05, 0.1) is 3.79 Å². The average molecular weight is 345 g/mol. The second-order valence-electron chi connectivity index (χ2n) is 4.30. The minimum Gasteiger partial charge on any atom is -0.477 e. The van der Waals surface area contributed by atoms with Gasteiger partial charge in [0, 0.05) is 13.1 Å². The zero-order chi connectivity index (χ0) is 14.0. The van der Waals surface area contributed by atoms with Crippen molar-refractivity contribution < 1.29 is 14.4 Å². The van der Waals surface area contributed by atoms with Crippen molar-refractivity contribution in [1.82, 2.24) is 10.1 Å². The molecule has 1 N–H and O–H groups in total. The summed E-state index contributed by atoms with van der Waals surface area (Å²) < 4.78 is 6.03. The number of nitrogens with zero attached hydrogens (tertiary/aromatic N) is 2. The van der Waals surface area contributed by atoms with Crippen LogP contribution in [0.1, 0.15) is 27.4 Å². The molecule has 0 saturated carbocycles. The van der Waals surface area contributed by atoms with Crippen LogP contribution in [0.15, 0.2) is 19.8 Å². The van der Waals surface area contributed by atoms with Crippen LogP contribution in [0.3, 0.4) is 0 Å². The first kappa shape index (κ1) is 14.2. The van der Waals surface area contributed by atoms with Crippen LogP contribution in [0.4, 0.5) is 0 Å². The van der Waals surface area contributed by atoms with Crippen LogP contribution >= 0.6 is 27.3 Å². The first-order chi connectivity index (χ1) is 8.97. The molecule has 0 spiro atoms. The van der Waals surface area contributed by atoms with E-state index in [0.717, 1.165) is 10.3 Å². The van der Waals surface area contributed by atoms with Crippen LogP contribution in [0.5, 0.6) is 0 Å². The average Bonchev–Trinajstić information content (AvgIpc) is 2.85. The topological polar surface area (TPSA) is 66.6 Å². The highest BCUT2D eigenvalue weighted by Crippen LogP contribution is 2.22. The molecule has 102 valence electrons. The van der Waals surface area contributed by atoms with Gasteiger partial charge in [0.15, 0.2) is 0 Å². The second kappa shape index (κ2) is 5.85. The number of carboxylic acids is 1. The van der Waals surface area contributed by atoms with E-state index in [1.165, 1.54) is 5.56 Å². The molecule has 0 fully saturated rings. The van der Waals surface area contributed by atoms with E-state index in [-0.39, 0.29) is 5.56 Å². The summed E-state index contributed by atoms with van der Waals surface area (Å²) >= 11 is 5.04. The predicted molar refractivity (Wildman–Crippen MR) is 75.4 cm³/mol. The van der Waals surface area contributed by atoms with Gasteiger partial charge in [-0.3, -0.25) is 4.90 Å². The number of aromatic carboxylic acids is 1. The first-order valence-corrected chi connectivity index (χ1v) is 7.24. The number of aryl methyl sites for hydroxylation is 1. The van der Waals surface area contributed by atoms with Crippen molar-refractivity contribution >= 4 is 33.2 Å². The largest absolute Gasteiger partial charge is 0.477 e. The molecule has 0 saturated heterocycles. The Bertz CT molecular complexity index is 594. The molecule has 0 amide bonds. The number of hydrogen-bond donors (Lipinski definition) is 1. The minimum atomic E-state index is -1.000. The maximum atomic E-state index is 11.1. The standard InChI is InChI=1S/C12H13BrN2O3S/c1-7-11(12(16)17)9(14-18-7)5-15(2)4-8-3-10(13)19-6-8/h3,6H,4-5H2,1-2H3,(H,16,17). The lowest BCUT2D eigenvalue weighted by Gasteiger charge is -2.14. The van der Waals surface area contributed by atoms with E-state index in [1.807, 2.05) is 18.0 Å². The summed E-state index contributed by atoms with van der Waals surface area (Å²) in [5.41, 5.74) is 1.80. The fourth-order valence-electron chi connectivity index (χ4n) is 1.85. The molecule has 19 heavy (non-hydrogen) atoms. The summed E-state index contributed by atoms with van der Waals surface area (Å²) in [6, 6.07) is 2.05. The van der Waals surface area contributed by atoms with Gasteiger partial charge >= 0.3 is 5.97 Å². The lowest BCUT2D eigenvalue weighted by molar-refractivity contribution is 0.0693. The van der Waals surface area contributed by atoms with E-state index < -0.39 is 5.97 Å². The van der Waals surface area contributed by atoms with Gasteiger partial charge < -0.3 is 9.63 Å². The van der Waals surface area contributed by atoms with E-state index in [1.54, 1.807) is 18.3 Å². The zero-order valence-corrected chi connectivity index (χ0v) is 12.9. The third-order valence-electron chi connectivity index (χ3n) is 2.64. The summed E-state index contributed by atoms with van der Waals surface area (Å²) in [5, 5.41) is 15.0. The fourth-order valence-corrected chi connectivity index (χ4v) is 3.05. The van der Waals surface area contributed by atoms with Crippen LogP contribution in [-0.4, -0.2) is 28.2 Å². The Morgan fingerprint density at radius 1 is 1.58 bits per heavy atom. The summed E-state index contributed by atoms with van der Waals surface area (Å²) in [4.78, 5) is 13.1. The molecule has 0 aromatic carbocycles. The molecule has 5 nitrogen and oxygen atoms in total. The lowest BCUT2D eigenvalue weighted by Crippen LogP contribution is -2.18. The molecule has 0 radical (unpaired) electrons. The van der Waals surface area contributed by atoms with Crippen molar-refractivity contribution in [3.63, 3.8) is 0 Å². The van der Waals surface area contributed by atoms with Crippen molar-refractivity contribution in [3.05, 3.63) is 37.8 Å². The van der Waals surface area contributed by atoms with Gasteiger partial charge in [0.25, 0.3) is 0 Å². The highest BCUT2D eigenvalue weighted by atomic mass is 79.9. The SMILES string of the molecule is Cc1onc(CN(C)Cc2csc(Br)c2)c1C(=O)O. The molecular weight excluding hydrogens is 332 g/mol. The van der Waals surface area contributed by atoms with E-state index in [0.29, 0.717) is 18.0 Å². The molecule has 2 heterocycles. The van der Waals surface area contributed by atoms with Gasteiger partial charge in [-0.05, 0) is 46.9 Å². The Morgan fingerprint density at radius 2 is 2.32 bits per heavy atom. The minimum absolute atomic E-state index is 0.165. The fraction of sp³-hybridized carbons (Fsp3) is 0.333. The van der Waals surface area contributed by atoms with Gasteiger partial charge in [-0.25, -0.2) is 4.79 Å². The van der Waals surface area contributed by atoms with Crippen molar-refractivity contribution in [2.75, 3.05) is 7.05 Å². The van der Waals surface area contributed by atoms with Crippen LogP contribution in [-0.2, 0) is 13.1 Å². The van der Waals surface area contributed by atoms with Gasteiger partial charge in [-0.15, -0.1) is 11.3 Å². The molecular formula is C12H13BrN2O3S. The number of carbonyl (C=O) groups is 1. The van der Waals surface area contributed by atoms with Crippen molar-refractivity contribution in [3.8, 4) is 0 Å². The van der Waals surface area contributed by atoms with Gasteiger partial charge in [0.1, 0.15) is 17.0 Å². The van der Waals surface area contributed by atoms with Crippen LogP contribution in [0.25, 0.3) is 0 Å². The lowest BCUT2D eigenvalue weighted by atomic mass is 10.2. The third-order valence-corrected chi connectivity index (χ3v) is 4.19. The summed E-state index contributed by atoms with van der Waals surface area (Å²) in [6.07, 6.45) is 0. The van der Waals surface area contributed by atoms with Crippen LogP contribution in [0, 0.1) is 6.92 Å². The number of halogens is 1. The Morgan fingerprint density at radius 3 is 2.89 bits per heavy atom. The molecule has 0 aliphatic rings. The Labute approximate surface area is 123 Å². The number of carboxylic acid groups (broad SMARTS) is 1. The molecule has 0 unspecified atom stereocenters. The van der Waals surface area contributed by atoms with Crippen molar-refractivity contribution in [1.29, 1.82) is 0 Å². The second-order valence-corrected chi connectivity index (χ2v) is 6.59. The molecule has 0 atom stereocenters. The molecule has 2 rings (SSSR count). The normalized spacial score (nSPS) is 11.2. The molecule has 0 aliphatic carbocycles. The molecule has 2 aromatic heterocycles. The Kier molecular flexibility index (Phi) is 4.38. The summed E-state index contributed by atoms with van der Waals surface area (Å²) in [5.74, 6) is -0.658. The van der Waals surface area contributed by atoms with Crippen LogP contribution in [0.2, 0.25) is 0 Å². The number of hydrogen-bond acceptors (Lipinski definition) is 5. The predicted octanol–water partition coefficient (Wildman–Crippen LogP) is 3.14. The van der Waals surface area contributed by atoms with Crippen molar-refractivity contribution in [2.45, 2.75) is 20.0 Å². The number of aromatic nitrogens is 1. The molecule has 0 aliphatic heterocycles. The number of thiophene rings is 1. The zero-order valence-electron chi connectivity index (χ0n) is 10.5. The summed E-state index contributed by atoms with van der Waals surface area (Å²) in [7, 11) is 1.92. The molecule has 0 bridgehead atoms. The van der Waals surface area contributed by atoms with Crippen LogP contribution < -0.4 is 0 Å². The third kappa shape index (κ3) is 3.43. The first-order valence-electron chi connectivity index (χ1n) is 5.57. The van der Waals surface area contributed by atoms with Gasteiger partial charge in [-0.1, -0.05) is 5.16 Å². The smallest absolute Gasteiger partial charge is 0.341 e. The van der Waals surface area contributed by atoms with Gasteiger partial charge in [-0.2, -0.15) is 0 Å². The molecule has 2 aromatic rings. The Balaban J connectivity index is 2.07. The van der Waals surface area contributed by atoms with Crippen molar-refractivity contribution in [2.24, 2.45) is 0 Å². The maximum absolute atomic E-state index is 11.1. The molecule has 7 heteroatoms. The Hall–Kier alpha value is -1.18. The highest BCUT2D eigenvalue weighted by Gasteiger charge is 2.20. The monoisotopic (exact) mass is 344 g/mol. The summed E-state index contributed by atoms with van der Waals surface area (Å²) in [6.45, 7) is 2.77. The maximum Gasteiger partial charge on any atom is 0.341 e. The van der Waals surface area contributed by atoms with E-state index in [2.05, 4.69) is 26.5 Å². The van der Waals surface area contributed by atoms with Gasteiger partial charge in [0.2, 0.25) is 0 Å². The van der Waals surface area contributed by atoms with E-state index >= 15 is 0 Å². The number of rotatable bonds is 5. The van der Waals surface area contributed by atoms with E-state index in [4.69, 9.17) is 9.63 Å². The highest BCUT2D eigenvalue weighted by molar-refractivity contribution is 9.11.